The van der Waals surface area contributed by atoms with Crippen molar-refractivity contribution in [1.29, 1.82) is 0 Å². The normalized spacial score (nSPS) is 20.6. The fraction of sp³-hybridized carbons (Fsp3) is 0.750. The Morgan fingerprint density at radius 3 is 2.70 bits per heavy atom. The predicted molar refractivity (Wildman–Crippen MR) is 78.6 cm³/mol. The van der Waals surface area contributed by atoms with Crippen LogP contribution in [0.15, 0.2) is 9.42 Å². The number of sulfonamides is 1. The molecule has 1 aliphatic rings. The maximum atomic E-state index is 12.6. The summed E-state index contributed by atoms with van der Waals surface area (Å²) in [5.41, 5.74) is 0.438. The molecule has 1 atom stereocenters. The number of aromatic nitrogens is 1. The van der Waals surface area contributed by atoms with Crippen molar-refractivity contribution in [3.8, 4) is 0 Å². The Bertz CT molecular complexity index is 523. The molecule has 0 bridgehead atoms. The van der Waals surface area contributed by atoms with E-state index < -0.39 is 10.0 Å². The Morgan fingerprint density at radius 2 is 2.15 bits per heavy atom. The second kappa shape index (κ2) is 6.89. The number of rotatable bonds is 4. The zero-order valence-electron chi connectivity index (χ0n) is 12.0. The first-order chi connectivity index (χ1) is 8.96. The van der Waals surface area contributed by atoms with E-state index in [0.717, 1.165) is 19.4 Å². The molecule has 1 saturated heterocycles. The molecule has 1 fully saturated rings. The van der Waals surface area contributed by atoms with Crippen molar-refractivity contribution in [3.05, 3.63) is 11.5 Å². The van der Waals surface area contributed by atoms with Gasteiger partial charge in [0.25, 0.3) is 0 Å². The fourth-order valence-electron chi connectivity index (χ4n) is 2.67. The summed E-state index contributed by atoms with van der Waals surface area (Å²) in [6.07, 6.45) is 1.96. The maximum Gasteiger partial charge on any atom is 0.248 e. The van der Waals surface area contributed by atoms with Gasteiger partial charge >= 0.3 is 0 Å². The molecule has 1 aromatic heterocycles. The Kier molecular flexibility index (Phi) is 6.00. The second-order valence-electron chi connectivity index (χ2n) is 5.08. The van der Waals surface area contributed by atoms with Crippen molar-refractivity contribution < 1.29 is 12.9 Å². The second-order valence-corrected chi connectivity index (χ2v) is 6.96. The molecule has 6 nitrogen and oxygen atoms in total. The van der Waals surface area contributed by atoms with Gasteiger partial charge in [-0.1, -0.05) is 5.16 Å². The van der Waals surface area contributed by atoms with Crippen LogP contribution < -0.4 is 5.32 Å². The molecule has 0 saturated carbocycles. The van der Waals surface area contributed by atoms with Crippen LogP contribution in [0.4, 0.5) is 0 Å². The van der Waals surface area contributed by atoms with E-state index in [4.69, 9.17) is 4.52 Å². The average molecular weight is 324 g/mol. The van der Waals surface area contributed by atoms with Gasteiger partial charge in [0.05, 0.1) is 0 Å². The third kappa shape index (κ3) is 3.33. The van der Waals surface area contributed by atoms with E-state index in [0.29, 0.717) is 30.5 Å². The number of nitrogens with one attached hydrogen (secondary N) is 1. The number of aryl methyl sites for hydroxylation is 2. The molecule has 20 heavy (non-hydrogen) atoms. The third-order valence-corrected chi connectivity index (χ3v) is 5.65. The van der Waals surface area contributed by atoms with Crippen molar-refractivity contribution in [3.63, 3.8) is 0 Å². The minimum Gasteiger partial charge on any atom is -0.360 e. The van der Waals surface area contributed by atoms with E-state index >= 15 is 0 Å². The fourth-order valence-corrected chi connectivity index (χ4v) is 4.52. The zero-order valence-corrected chi connectivity index (χ0v) is 13.7. The largest absolute Gasteiger partial charge is 0.360 e. The van der Waals surface area contributed by atoms with Gasteiger partial charge in [0.2, 0.25) is 10.0 Å². The molecule has 2 rings (SSSR count). The molecule has 0 aromatic carbocycles. The highest BCUT2D eigenvalue weighted by Gasteiger charge is 2.34. The highest BCUT2D eigenvalue weighted by molar-refractivity contribution is 7.89. The summed E-state index contributed by atoms with van der Waals surface area (Å²) in [6.45, 7) is 5.29. The van der Waals surface area contributed by atoms with Crippen LogP contribution in [-0.4, -0.2) is 44.6 Å². The van der Waals surface area contributed by atoms with Crippen LogP contribution in [0.5, 0.6) is 0 Å². The molecule has 0 amide bonds. The monoisotopic (exact) mass is 323 g/mol. The quantitative estimate of drug-likeness (QED) is 0.904. The standard InChI is InChI=1S/C12H21N3O3S.ClH/c1-9-12(10(2)18-14-9)19(16,17)15-6-4-5-11(8-15)7-13-3;/h11,13H,4-8H2,1-3H3;1H. The number of hydrogen-bond acceptors (Lipinski definition) is 5. The highest BCUT2D eigenvalue weighted by Crippen LogP contribution is 2.27. The summed E-state index contributed by atoms with van der Waals surface area (Å²) in [7, 11) is -1.59. The lowest BCUT2D eigenvalue weighted by Gasteiger charge is -2.31. The van der Waals surface area contributed by atoms with Crippen molar-refractivity contribution in [1.82, 2.24) is 14.8 Å². The maximum absolute atomic E-state index is 12.6. The average Bonchev–Trinajstić information content (AvgIpc) is 2.70. The van der Waals surface area contributed by atoms with Crippen molar-refractivity contribution in [2.45, 2.75) is 31.6 Å². The van der Waals surface area contributed by atoms with Gasteiger partial charge in [-0.2, -0.15) is 4.31 Å². The number of nitrogens with zero attached hydrogens (tertiary/aromatic N) is 2. The molecule has 1 unspecified atom stereocenters. The lowest BCUT2D eigenvalue weighted by Crippen LogP contribution is -2.42. The molecule has 0 radical (unpaired) electrons. The third-order valence-electron chi connectivity index (χ3n) is 3.54. The molecule has 2 heterocycles. The minimum absolute atomic E-state index is 0. The Morgan fingerprint density at radius 1 is 1.45 bits per heavy atom. The van der Waals surface area contributed by atoms with Gasteiger partial charge in [0.15, 0.2) is 5.76 Å². The SMILES string of the molecule is CNCC1CCCN(S(=O)(=O)c2c(C)noc2C)C1.Cl. The zero-order chi connectivity index (χ0) is 14.0. The predicted octanol–water partition coefficient (Wildman–Crippen LogP) is 1.33. The summed E-state index contributed by atoms with van der Waals surface area (Å²) < 4.78 is 31.8. The van der Waals surface area contributed by atoms with Gasteiger partial charge in [-0.3, -0.25) is 0 Å². The van der Waals surface area contributed by atoms with Gasteiger partial charge < -0.3 is 9.84 Å². The lowest BCUT2D eigenvalue weighted by atomic mass is 10.00. The van der Waals surface area contributed by atoms with E-state index in [1.807, 2.05) is 7.05 Å². The molecular weight excluding hydrogens is 302 g/mol. The highest BCUT2D eigenvalue weighted by atomic mass is 35.5. The Labute approximate surface area is 126 Å². The minimum atomic E-state index is -3.48. The summed E-state index contributed by atoms with van der Waals surface area (Å²) in [5, 5.41) is 6.85. The first-order valence-corrected chi connectivity index (χ1v) is 7.98. The van der Waals surface area contributed by atoms with E-state index in [1.165, 1.54) is 0 Å². The molecule has 1 aromatic rings. The van der Waals surface area contributed by atoms with E-state index in [1.54, 1.807) is 18.2 Å². The van der Waals surface area contributed by atoms with E-state index in [9.17, 15) is 8.42 Å². The van der Waals surface area contributed by atoms with Gasteiger partial charge in [-0.05, 0) is 46.2 Å². The van der Waals surface area contributed by atoms with Crippen LogP contribution in [0, 0.1) is 19.8 Å². The first kappa shape index (κ1) is 17.4. The molecule has 0 spiro atoms. The molecule has 116 valence electrons. The molecule has 1 aliphatic heterocycles. The van der Waals surface area contributed by atoms with Crippen LogP contribution in [-0.2, 0) is 10.0 Å². The van der Waals surface area contributed by atoms with E-state index in [2.05, 4.69) is 10.5 Å². The van der Waals surface area contributed by atoms with Crippen LogP contribution >= 0.6 is 12.4 Å². The molecule has 8 heteroatoms. The Hall–Kier alpha value is -0.630. The number of hydrogen-bond donors (Lipinski definition) is 1. The summed E-state index contributed by atoms with van der Waals surface area (Å²) >= 11 is 0. The lowest BCUT2D eigenvalue weighted by molar-refractivity contribution is 0.263. The van der Waals surface area contributed by atoms with Crippen LogP contribution in [0.3, 0.4) is 0 Å². The van der Waals surface area contributed by atoms with E-state index in [-0.39, 0.29) is 17.3 Å². The van der Waals surface area contributed by atoms with Gasteiger partial charge in [-0.15, -0.1) is 12.4 Å². The Balaban J connectivity index is 0.00000200. The van der Waals surface area contributed by atoms with Crippen molar-refractivity contribution in [2.75, 3.05) is 26.7 Å². The van der Waals surface area contributed by atoms with Crippen molar-refractivity contribution in [2.24, 2.45) is 5.92 Å². The molecule has 0 aliphatic carbocycles. The smallest absolute Gasteiger partial charge is 0.248 e. The van der Waals surface area contributed by atoms with Gasteiger partial charge in [0, 0.05) is 13.1 Å². The van der Waals surface area contributed by atoms with Gasteiger partial charge in [0.1, 0.15) is 10.6 Å². The van der Waals surface area contributed by atoms with Crippen LogP contribution in [0.1, 0.15) is 24.3 Å². The number of piperidine rings is 1. The van der Waals surface area contributed by atoms with Crippen LogP contribution in [0.25, 0.3) is 0 Å². The molecular formula is C12H22ClN3O3S. The van der Waals surface area contributed by atoms with Crippen LogP contribution in [0.2, 0.25) is 0 Å². The first-order valence-electron chi connectivity index (χ1n) is 6.54. The number of halogens is 1. The summed E-state index contributed by atoms with van der Waals surface area (Å²) in [6, 6.07) is 0. The topological polar surface area (TPSA) is 75.4 Å². The summed E-state index contributed by atoms with van der Waals surface area (Å²) in [4.78, 5) is 0.234. The van der Waals surface area contributed by atoms with Crippen molar-refractivity contribution >= 4 is 22.4 Å². The molecule has 1 N–H and O–H groups in total. The van der Waals surface area contributed by atoms with Gasteiger partial charge in [-0.25, -0.2) is 8.42 Å². The summed E-state index contributed by atoms with van der Waals surface area (Å²) in [5.74, 6) is 0.738.